The molecule has 94 valence electrons. The SMILES string of the molecule is C[C@H](O)c1c(F)cccc1Oc1cccc(F)c1. The Morgan fingerprint density at radius 2 is 1.83 bits per heavy atom. The molecule has 0 bridgehead atoms. The third-order valence-electron chi connectivity index (χ3n) is 2.45. The Hall–Kier alpha value is -1.94. The van der Waals surface area contributed by atoms with E-state index in [0.717, 1.165) is 0 Å². The Morgan fingerprint density at radius 3 is 2.50 bits per heavy atom. The Labute approximate surface area is 103 Å². The molecule has 0 heterocycles. The van der Waals surface area contributed by atoms with Crippen molar-refractivity contribution in [2.24, 2.45) is 0 Å². The van der Waals surface area contributed by atoms with E-state index in [-0.39, 0.29) is 17.1 Å². The number of hydrogen-bond acceptors (Lipinski definition) is 2. The summed E-state index contributed by atoms with van der Waals surface area (Å²) < 4.78 is 32.0. The molecule has 2 aromatic rings. The van der Waals surface area contributed by atoms with Crippen molar-refractivity contribution in [2.75, 3.05) is 0 Å². The van der Waals surface area contributed by atoms with Gasteiger partial charge in [0.05, 0.1) is 11.7 Å². The summed E-state index contributed by atoms with van der Waals surface area (Å²) in [6.45, 7) is 1.44. The lowest BCUT2D eigenvalue weighted by Crippen LogP contribution is -1.99. The van der Waals surface area contributed by atoms with E-state index >= 15 is 0 Å². The lowest BCUT2D eigenvalue weighted by Gasteiger charge is -2.13. The highest BCUT2D eigenvalue weighted by Crippen LogP contribution is 2.31. The molecule has 0 unspecified atom stereocenters. The zero-order valence-corrected chi connectivity index (χ0v) is 9.73. The molecule has 0 aliphatic rings. The molecule has 0 amide bonds. The minimum atomic E-state index is -1.00. The van der Waals surface area contributed by atoms with Crippen LogP contribution in [0, 0.1) is 11.6 Å². The summed E-state index contributed by atoms with van der Waals surface area (Å²) in [6, 6.07) is 9.75. The average molecular weight is 250 g/mol. The standard InChI is InChI=1S/C14H12F2O2/c1-9(17)14-12(16)6-3-7-13(14)18-11-5-2-4-10(15)8-11/h2-9,17H,1H3/t9-/m0/s1. The lowest BCUT2D eigenvalue weighted by molar-refractivity contribution is 0.190. The maximum absolute atomic E-state index is 13.6. The van der Waals surface area contributed by atoms with Crippen molar-refractivity contribution in [1.82, 2.24) is 0 Å². The van der Waals surface area contributed by atoms with Gasteiger partial charge in [0, 0.05) is 6.07 Å². The van der Waals surface area contributed by atoms with Crippen molar-refractivity contribution in [3.63, 3.8) is 0 Å². The summed E-state index contributed by atoms with van der Waals surface area (Å²) in [6.07, 6.45) is -1.00. The van der Waals surface area contributed by atoms with E-state index in [4.69, 9.17) is 4.74 Å². The number of hydrogen-bond donors (Lipinski definition) is 1. The molecule has 1 N–H and O–H groups in total. The van der Waals surface area contributed by atoms with Gasteiger partial charge in [0.25, 0.3) is 0 Å². The topological polar surface area (TPSA) is 29.5 Å². The first-order valence-corrected chi connectivity index (χ1v) is 5.48. The monoisotopic (exact) mass is 250 g/mol. The zero-order valence-electron chi connectivity index (χ0n) is 9.73. The summed E-state index contributed by atoms with van der Waals surface area (Å²) in [5.41, 5.74) is 0.0572. The van der Waals surface area contributed by atoms with Gasteiger partial charge in [-0.2, -0.15) is 0 Å². The molecular weight excluding hydrogens is 238 g/mol. The highest BCUT2D eigenvalue weighted by molar-refractivity contribution is 5.39. The van der Waals surface area contributed by atoms with Gasteiger partial charge >= 0.3 is 0 Å². The van der Waals surface area contributed by atoms with Crippen LogP contribution in [0.2, 0.25) is 0 Å². The summed E-state index contributed by atoms with van der Waals surface area (Å²) >= 11 is 0. The zero-order chi connectivity index (χ0) is 13.1. The van der Waals surface area contributed by atoms with Crippen LogP contribution in [0.3, 0.4) is 0 Å². The van der Waals surface area contributed by atoms with Gasteiger partial charge in [-0.05, 0) is 31.2 Å². The normalized spacial score (nSPS) is 12.2. The van der Waals surface area contributed by atoms with Crippen molar-refractivity contribution >= 4 is 0 Å². The third-order valence-corrected chi connectivity index (χ3v) is 2.45. The Kier molecular flexibility index (Phi) is 3.58. The average Bonchev–Trinajstić information content (AvgIpc) is 2.28. The number of aliphatic hydroxyl groups excluding tert-OH is 1. The fourth-order valence-corrected chi connectivity index (χ4v) is 1.67. The molecule has 2 rings (SSSR count). The molecule has 2 nitrogen and oxygen atoms in total. The van der Waals surface area contributed by atoms with E-state index in [1.165, 1.54) is 43.3 Å². The van der Waals surface area contributed by atoms with E-state index in [9.17, 15) is 13.9 Å². The molecule has 1 atom stereocenters. The fraction of sp³-hybridized carbons (Fsp3) is 0.143. The molecule has 0 saturated carbocycles. The summed E-state index contributed by atoms with van der Waals surface area (Å²) in [7, 11) is 0. The van der Waals surface area contributed by atoms with Crippen LogP contribution < -0.4 is 4.74 Å². The number of benzene rings is 2. The fourth-order valence-electron chi connectivity index (χ4n) is 1.67. The lowest BCUT2D eigenvalue weighted by atomic mass is 10.1. The van der Waals surface area contributed by atoms with Gasteiger partial charge in [-0.3, -0.25) is 0 Å². The Bertz CT molecular complexity index is 553. The number of aliphatic hydroxyl groups is 1. The van der Waals surface area contributed by atoms with Crippen LogP contribution in [0.15, 0.2) is 42.5 Å². The van der Waals surface area contributed by atoms with Crippen LogP contribution in [-0.4, -0.2) is 5.11 Å². The predicted octanol–water partition coefficient (Wildman–Crippen LogP) is 3.81. The highest BCUT2D eigenvalue weighted by atomic mass is 19.1. The Morgan fingerprint density at radius 1 is 1.11 bits per heavy atom. The summed E-state index contributed by atoms with van der Waals surface area (Å²) in [4.78, 5) is 0. The highest BCUT2D eigenvalue weighted by Gasteiger charge is 2.15. The van der Waals surface area contributed by atoms with Crippen LogP contribution in [-0.2, 0) is 0 Å². The molecule has 18 heavy (non-hydrogen) atoms. The van der Waals surface area contributed by atoms with Crippen LogP contribution in [0.5, 0.6) is 11.5 Å². The van der Waals surface area contributed by atoms with Gasteiger partial charge in [0.15, 0.2) is 0 Å². The molecule has 0 aliphatic carbocycles. The molecule has 0 fully saturated rings. The van der Waals surface area contributed by atoms with Crippen molar-refractivity contribution < 1.29 is 18.6 Å². The minimum Gasteiger partial charge on any atom is -0.457 e. The van der Waals surface area contributed by atoms with Crippen molar-refractivity contribution in [2.45, 2.75) is 13.0 Å². The number of ether oxygens (including phenoxy) is 1. The molecule has 0 aliphatic heterocycles. The first-order valence-electron chi connectivity index (χ1n) is 5.48. The molecule has 0 radical (unpaired) electrons. The van der Waals surface area contributed by atoms with Gasteiger partial charge in [-0.1, -0.05) is 12.1 Å². The number of halogens is 2. The molecule has 0 spiro atoms. The molecular formula is C14H12F2O2. The smallest absolute Gasteiger partial charge is 0.136 e. The van der Waals surface area contributed by atoms with Crippen molar-refractivity contribution in [3.8, 4) is 11.5 Å². The summed E-state index contributed by atoms with van der Waals surface area (Å²) in [5, 5.41) is 9.52. The summed E-state index contributed by atoms with van der Waals surface area (Å²) in [5.74, 6) is -0.570. The first kappa shape index (κ1) is 12.5. The van der Waals surface area contributed by atoms with E-state index in [1.807, 2.05) is 0 Å². The van der Waals surface area contributed by atoms with Crippen molar-refractivity contribution in [3.05, 3.63) is 59.7 Å². The molecule has 2 aromatic carbocycles. The van der Waals surface area contributed by atoms with Crippen LogP contribution >= 0.6 is 0 Å². The molecule has 0 saturated heterocycles. The third kappa shape index (κ3) is 2.65. The van der Waals surface area contributed by atoms with E-state index < -0.39 is 17.7 Å². The van der Waals surface area contributed by atoms with Crippen LogP contribution in [0.25, 0.3) is 0 Å². The maximum atomic E-state index is 13.6. The van der Waals surface area contributed by atoms with Gasteiger partial charge in [0.1, 0.15) is 23.1 Å². The maximum Gasteiger partial charge on any atom is 0.136 e. The molecule has 4 heteroatoms. The Balaban J connectivity index is 2.37. The van der Waals surface area contributed by atoms with Crippen LogP contribution in [0.4, 0.5) is 8.78 Å². The van der Waals surface area contributed by atoms with E-state index in [0.29, 0.717) is 0 Å². The first-order chi connectivity index (χ1) is 8.58. The second-order valence-electron chi connectivity index (χ2n) is 3.89. The van der Waals surface area contributed by atoms with Crippen molar-refractivity contribution in [1.29, 1.82) is 0 Å². The van der Waals surface area contributed by atoms with Gasteiger partial charge in [-0.15, -0.1) is 0 Å². The minimum absolute atomic E-state index is 0.0572. The second kappa shape index (κ2) is 5.14. The largest absolute Gasteiger partial charge is 0.457 e. The molecule has 0 aromatic heterocycles. The van der Waals surface area contributed by atoms with E-state index in [1.54, 1.807) is 6.07 Å². The van der Waals surface area contributed by atoms with Gasteiger partial charge in [0.2, 0.25) is 0 Å². The van der Waals surface area contributed by atoms with Gasteiger partial charge in [-0.25, -0.2) is 8.78 Å². The van der Waals surface area contributed by atoms with E-state index in [2.05, 4.69) is 0 Å². The predicted molar refractivity (Wildman–Crippen MR) is 63.5 cm³/mol. The van der Waals surface area contributed by atoms with Gasteiger partial charge < -0.3 is 9.84 Å². The van der Waals surface area contributed by atoms with Crippen LogP contribution in [0.1, 0.15) is 18.6 Å². The second-order valence-corrected chi connectivity index (χ2v) is 3.89. The number of rotatable bonds is 3. The quantitative estimate of drug-likeness (QED) is 0.897.